The van der Waals surface area contributed by atoms with Gasteiger partial charge in [-0.2, -0.15) is 0 Å². The van der Waals surface area contributed by atoms with Crippen molar-refractivity contribution in [2.75, 3.05) is 12.4 Å². The fourth-order valence-corrected chi connectivity index (χ4v) is 4.29. The monoisotopic (exact) mass is 364 g/mol. The summed E-state index contributed by atoms with van der Waals surface area (Å²) in [7, 11) is 1.96. The van der Waals surface area contributed by atoms with Gasteiger partial charge in [0.1, 0.15) is 0 Å². The van der Waals surface area contributed by atoms with Crippen LogP contribution >= 0.6 is 27.3 Å². The molecule has 5 heteroatoms. The number of thiophene rings is 1. The predicted octanol–water partition coefficient (Wildman–Crippen LogP) is 4.05. The number of nitrogens with one attached hydrogen (secondary N) is 2. The van der Waals surface area contributed by atoms with Gasteiger partial charge in [-0.25, -0.2) is 0 Å². The Hall–Kier alpha value is -1.17. The minimum Gasteiger partial charge on any atom is -0.325 e. The standard InChI is InChI=1S/C16H17BrN2OS/c1-16(2)10-8-9(4-5-11(10)19-15(16)20)14(18-3)12-6-7-13(17)21-12/h4-8,14,18H,1-3H3,(H,19,20). The number of benzene rings is 1. The summed E-state index contributed by atoms with van der Waals surface area (Å²) in [4.78, 5) is 13.3. The van der Waals surface area contributed by atoms with Crippen LogP contribution in [-0.2, 0) is 10.2 Å². The van der Waals surface area contributed by atoms with E-state index < -0.39 is 5.41 Å². The molecule has 1 aliphatic rings. The van der Waals surface area contributed by atoms with E-state index in [-0.39, 0.29) is 11.9 Å². The second kappa shape index (κ2) is 5.23. The number of carbonyl (C=O) groups is 1. The molecule has 2 N–H and O–H groups in total. The molecule has 1 aliphatic heterocycles. The number of carbonyl (C=O) groups excluding carboxylic acids is 1. The molecule has 1 aromatic carbocycles. The number of hydrogen-bond acceptors (Lipinski definition) is 3. The van der Waals surface area contributed by atoms with Gasteiger partial charge in [0.2, 0.25) is 5.91 Å². The SMILES string of the molecule is CNC(c1ccc2c(c1)C(C)(C)C(=O)N2)c1ccc(Br)s1. The van der Waals surface area contributed by atoms with Gasteiger partial charge in [-0.05, 0) is 66.2 Å². The third kappa shape index (κ3) is 2.43. The molecular weight excluding hydrogens is 348 g/mol. The molecule has 0 fully saturated rings. The van der Waals surface area contributed by atoms with Gasteiger partial charge in [-0.1, -0.05) is 12.1 Å². The van der Waals surface area contributed by atoms with Crippen molar-refractivity contribution >= 4 is 38.9 Å². The topological polar surface area (TPSA) is 41.1 Å². The van der Waals surface area contributed by atoms with Crippen molar-refractivity contribution in [1.29, 1.82) is 0 Å². The van der Waals surface area contributed by atoms with Gasteiger partial charge < -0.3 is 10.6 Å². The van der Waals surface area contributed by atoms with Crippen LogP contribution in [0.4, 0.5) is 5.69 Å². The Morgan fingerprint density at radius 1 is 1.29 bits per heavy atom. The van der Waals surface area contributed by atoms with E-state index in [0.29, 0.717) is 0 Å². The molecule has 110 valence electrons. The molecule has 0 bridgehead atoms. The Bertz CT molecular complexity index is 708. The molecule has 3 nitrogen and oxygen atoms in total. The first-order valence-corrected chi connectivity index (χ1v) is 8.43. The second-order valence-corrected chi connectivity index (χ2v) is 8.24. The summed E-state index contributed by atoms with van der Waals surface area (Å²) in [6.07, 6.45) is 0. The third-order valence-electron chi connectivity index (χ3n) is 4.03. The highest BCUT2D eigenvalue weighted by Crippen LogP contribution is 2.40. The molecule has 3 rings (SSSR count). The summed E-state index contributed by atoms with van der Waals surface area (Å²) in [6.45, 7) is 3.93. The molecular formula is C16H17BrN2OS. The van der Waals surface area contributed by atoms with E-state index in [2.05, 4.69) is 50.8 Å². The van der Waals surface area contributed by atoms with Gasteiger partial charge >= 0.3 is 0 Å². The highest BCUT2D eigenvalue weighted by Gasteiger charge is 2.38. The Balaban J connectivity index is 2.04. The lowest BCUT2D eigenvalue weighted by Gasteiger charge is -2.19. The molecule has 1 amide bonds. The number of anilines is 1. The van der Waals surface area contributed by atoms with Gasteiger partial charge in [0.05, 0.1) is 15.2 Å². The molecule has 21 heavy (non-hydrogen) atoms. The van der Waals surface area contributed by atoms with Crippen LogP contribution in [0.25, 0.3) is 0 Å². The lowest BCUT2D eigenvalue weighted by molar-refractivity contribution is -0.119. The summed E-state index contributed by atoms with van der Waals surface area (Å²) >= 11 is 5.23. The van der Waals surface area contributed by atoms with Crippen LogP contribution in [0.5, 0.6) is 0 Å². The fourth-order valence-electron chi connectivity index (χ4n) is 2.73. The Kier molecular flexibility index (Phi) is 3.67. The number of amides is 1. The largest absolute Gasteiger partial charge is 0.325 e. The zero-order valence-electron chi connectivity index (χ0n) is 12.2. The van der Waals surface area contributed by atoms with E-state index in [1.807, 2.05) is 27.0 Å². The number of halogens is 1. The second-order valence-electron chi connectivity index (χ2n) is 5.75. The van der Waals surface area contributed by atoms with Crippen LogP contribution in [0.2, 0.25) is 0 Å². The van der Waals surface area contributed by atoms with E-state index in [9.17, 15) is 4.79 Å². The van der Waals surface area contributed by atoms with Crippen molar-refractivity contribution in [3.05, 3.63) is 50.1 Å². The number of hydrogen-bond donors (Lipinski definition) is 2. The third-order valence-corrected chi connectivity index (χ3v) is 5.72. The molecule has 0 saturated heterocycles. The highest BCUT2D eigenvalue weighted by molar-refractivity contribution is 9.11. The van der Waals surface area contributed by atoms with Crippen LogP contribution in [0.15, 0.2) is 34.1 Å². The van der Waals surface area contributed by atoms with Gasteiger partial charge in [-0.15, -0.1) is 11.3 Å². The van der Waals surface area contributed by atoms with Crippen LogP contribution in [0.3, 0.4) is 0 Å². The van der Waals surface area contributed by atoms with Crippen LogP contribution in [0.1, 0.15) is 35.9 Å². The van der Waals surface area contributed by atoms with E-state index >= 15 is 0 Å². The van der Waals surface area contributed by atoms with Gasteiger partial charge in [0.15, 0.2) is 0 Å². The Morgan fingerprint density at radius 2 is 2.05 bits per heavy atom. The maximum Gasteiger partial charge on any atom is 0.234 e. The summed E-state index contributed by atoms with van der Waals surface area (Å²) in [5, 5.41) is 6.31. The average molecular weight is 365 g/mol. The maximum atomic E-state index is 12.0. The van der Waals surface area contributed by atoms with E-state index in [1.54, 1.807) is 11.3 Å². The summed E-state index contributed by atoms with van der Waals surface area (Å²) in [5.74, 6) is 0.0644. The van der Waals surface area contributed by atoms with Crippen LogP contribution in [0, 0.1) is 0 Å². The lowest BCUT2D eigenvalue weighted by atomic mass is 9.84. The minimum atomic E-state index is -0.473. The first kappa shape index (κ1) is 14.8. The Morgan fingerprint density at radius 3 is 2.67 bits per heavy atom. The normalized spacial score (nSPS) is 17.4. The summed E-state index contributed by atoms with van der Waals surface area (Å²) in [5.41, 5.74) is 2.70. The summed E-state index contributed by atoms with van der Waals surface area (Å²) < 4.78 is 1.12. The molecule has 2 aromatic rings. The quantitative estimate of drug-likeness (QED) is 0.862. The molecule has 0 spiro atoms. The lowest BCUT2D eigenvalue weighted by Crippen LogP contribution is -2.27. The van der Waals surface area contributed by atoms with E-state index in [4.69, 9.17) is 0 Å². The van der Waals surface area contributed by atoms with Crippen LogP contribution < -0.4 is 10.6 Å². The fraction of sp³-hybridized carbons (Fsp3) is 0.312. The van der Waals surface area contributed by atoms with Crippen molar-refractivity contribution in [1.82, 2.24) is 5.32 Å². The van der Waals surface area contributed by atoms with Crippen LogP contribution in [-0.4, -0.2) is 13.0 Å². The Labute approximate surface area is 136 Å². The zero-order chi connectivity index (χ0) is 15.2. The average Bonchev–Trinajstić information content (AvgIpc) is 2.95. The van der Waals surface area contributed by atoms with Gasteiger partial charge in [0.25, 0.3) is 0 Å². The summed E-state index contributed by atoms with van der Waals surface area (Å²) in [6, 6.07) is 10.5. The van der Waals surface area contributed by atoms with Crippen molar-refractivity contribution in [3.8, 4) is 0 Å². The number of rotatable bonds is 3. The molecule has 2 heterocycles. The highest BCUT2D eigenvalue weighted by atomic mass is 79.9. The molecule has 0 radical (unpaired) electrons. The van der Waals surface area contributed by atoms with Crippen molar-refractivity contribution in [2.45, 2.75) is 25.3 Å². The van der Waals surface area contributed by atoms with Crippen molar-refractivity contribution < 1.29 is 4.79 Å². The first-order valence-electron chi connectivity index (χ1n) is 6.82. The number of fused-ring (bicyclic) bond motifs is 1. The van der Waals surface area contributed by atoms with Gasteiger partial charge in [-0.3, -0.25) is 4.79 Å². The maximum absolute atomic E-state index is 12.0. The zero-order valence-corrected chi connectivity index (χ0v) is 14.6. The predicted molar refractivity (Wildman–Crippen MR) is 91.0 cm³/mol. The first-order chi connectivity index (χ1) is 9.93. The van der Waals surface area contributed by atoms with Crippen molar-refractivity contribution in [2.24, 2.45) is 0 Å². The van der Waals surface area contributed by atoms with E-state index in [1.165, 1.54) is 10.4 Å². The van der Waals surface area contributed by atoms with Gasteiger partial charge in [0, 0.05) is 10.6 Å². The molecule has 0 aliphatic carbocycles. The minimum absolute atomic E-state index is 0.0644. The molecule has 1 unspecified atom stereocenters. The molecule has 1 aromatic heterocycles. The van der Waals surface area contributed by atoms with E-state index in [0.717, 1.165) is 15.0 Å². The van der Waals surface area contributed by atoms with Crippen molar-refractivity contribution in [3.63, 3.8) is 0 Å². The smallest absolute Gasteiger partial charge is 0.234 e. The molecule has 1 atom stereocenters. The molecule has 0 saturated carbocycles.